The van der Waals surface area contributed by atoms with Crippen LogP contribution in [0.1, 0.15) is 19.8 Å². The van der Waals surface area contributed by atoms with Gasteiger partial charge in [-0.15, -0.1) is 0 Å². The van der Waals surface area contributed by atoms with Crippen molar-refractivity contribution in [3.05, 3.63) is 0 Å². The van der Waals surface area contributed by atoms with E-state index in [-0.39, 0.29) is 12.4 Å². The smallest absolute Gasteiger partial charge is 0.160 e. The summed E-state index contributed by atoms with van der Waals surface area (Å²) in [6.07, 6.45) is 1.05. The maximum atomic E-state index is 8.94. The van der Waals surface area contributed by atoms with E-state index in [1.807, 2.05) is 0 Å². The topological polar surface area (TPSA) is 38.7 Å². The first kappa shape index (κ1) is 7.98. The zero-order valence-electron chi connectivity index (χ0n) is 6.25. The van der Waals surface area contributed by atoms with E-state index in [4.69, 9.17) is 14.6 Å². The maximum absolute atomic E-state index is 8.94. The van der Waals surface area contributed by atoms with Gasteiger partial charge in [0, 0.05) is 6.42 Å². The number of aliphatic hydroxyl groups is 1. The van der Waals surface area contributed by atoms with E-state index in [0.29, 0.717) is 6.42 Å². The van der Waals surface area contributed by atoms with Crippen LogP contribution in [0.15, 0.2) is 0 Å². The normalized spacial score (nSPS) is 24.6. The molecular weight excluding hydrogens is 132 g/mol. The summed E-state index contributed by atoms with van der Waals surface area (Å²) in [6.45, 7) is 3.26. The van der Waals surface area contributed by atoms with Crippen LogP contribution in [0.5, 0.6) is 0 Å². The third-order valence-electron chi connectivity index (χ3n) is 1.43. The Morgan fingerprint density at radius 3 is 2.60 bits per heavy atom. The molecule has 1 atom stereocenters. The van der Waals surface area contributed by atoms with Crippen LogP contribution in [0, 0.1) is 0 Å². The molecule has 0 radical (unpaired) electrons. The fourth-order valence-corrected chi connectivity index (χ4v) is 0.951. The van der Waals surface area contributed by atoms with Gasteiger partial charge in [0.05, 0.1) is 19.3 Å². The molecule has 0 aromatic rings. The Labute approximate surface area is 60.9 Å². The van der Waals surface area contributed by atoms with Gasteiger partial charge in [-0.2, -0.15) is 0 Å². The molecule has 0 saturated carbocycles. The molecule has 0 spiro atoms. The molecule has 0 amide bonds. The van der Waals surface area contributed by atoms with Crippen molar-refractivity contribution in [1.82, 2.24) is 0 Å². The van der Waals surface area contributed by atoms with Gasteiger partial charge in [0.15, 0.2) is 6.29 Å². The highest BCUT2D eigenvalue weighted by Crippen LogP contribution is 2.09. The summed E-state index contributed by atoms with van der Waals surface area (Å²) >= 11 is 0. The summed E-state index contributed by atoms with van der Waals surface area (Å²) in [7, 11) is 0. The Morgan fingerprint density at radius 2 is 2.10 bits per heavy atom. The number of hydrogen-bond acceptors (Lipinski definition) is 3. The third-order valence-corrected chi connectivity index (χ3v) is 1.43. The molecule has 1 saturated heterocycles. The van der Waals surface area contributed by atoms with E-state index in [9.17, 15) is 0 Å². The van der Waals surface area contributed by atoms with Gasteiger partial charge in [-0.1, -0.05) is 0 Å². The second kappa shape index (κ2) is 3.91. The minimum atomic E-state index is -0.330. The van der Waals surface area contributed by atoms with Crippen molar-refractivity contribution in [2.24, 2.45) is 0 Å². The van der Waals surface area contributed by atoms with Gasteiger partial charge in [-0.05, 0) is 13.3 Å². The van der Waals surface area contributed by atoms with Gasteiger partial charge in [0.2, 0.25) is 0 Å². The van der Waals surface area contributed by atoms with Gasteiger partial charge in [-0.3, -0.25) is 0 Å². The highest BCUT2D eigenvalue weighted by atomic mass is 16.7. The monoisotopic (exact) mass is 146 g/mol. The molecule has 3 nitrogen and oxygen atoms in total. The average Bonchev–Trinajstić information content (AvgIpc) is 1.88. The number of rotatable bonds is 2. The summed E-state index contributed by atoms with van der Waals surface area (Å²) in [4.78, 5) is 0. The molecule has 1 N–H and O–H groups in total. The standard InChI is InChI=1S/C7H14O3/c1-6(8)5-7-9-3-2-4-10-7/h6-8H,2-5H2,1H3/t6-/m1/s1. The van der Waals surface area contributed by atoms with Crippen molar-refractivity contribution < 1.29 is 14.6 Å². The second-order valence-electron chi connectivity index (χ2n) is 2.61. The summed E-state index contributed by atoms with van der Waals surface area (Å²) in [6, 6.07) is 0. The van der Waals surface area contributed by atoms with E-state index in [1.54, 1.807) is 6.92 Å². The predicted molar refractivity (Wildman–Crippen MR) is 36.6 cm³/mol. The molecule has 60 valence electrons. The third kappa shape index (κ3) is 2.64. The Balaban J connectivity index is 2.13. The van der Waals surface area contributed by atoms with E-state index in [2.05, 4.69) is 0 Å². The lowest BCUT2D eigenvalue weighted by atomic mass is 10.3. The molecule has 0 aliphatic carbocycles. The van der Waals surface area contributed by atoms with Crippen molar-refractivity contribution in [2.75, 3.05) is 13.2 Å². The highest BCUT2D eigenvalue weighted by Gasteiger charge is 2.15. The first-order valence-electron chi connectivity index (χ1n) is 3.70. The SMILES string of the molecule is C[C@@H](O)CC1OCCCO1. The van der Waals surface area contributed by atoms with E-state index >= 15 is 0 Å². The average molecular weight is 146 g/mol. The van der Waals surface area contributed by atoms with E-state index in [1.165, 1.54) is 0 Å². The maximum Gasteiger partial charge on any atom is 0.160 e. The Morgan fingerprint density at radius 1 is 1.50 bits per heavy atom. The van der Waals surface area contributed by atoms with Crippen LogP contribution in [-0.4, -0.2) is 30.7 Å². The zero-order chi connectivity index (χ0) is 7.40. The molecule has 10 heavy (non-hydrogen) atoms. The van der Waals surface area contributed by atoms with Crippen molar-refractivity contribution >= 4 is 0 Å². The van der Waals surface area contributed by atoms with Crippen molar-refractivity contribution in [2.45, 2.75) is 32.2 Å². The Kier molecular flexibility index (Phi) is 3.12. The molecule has 1 aliphatic rings. The largest absolute Gasteiger partial charge is 0.393 e. The number of ether oxygens (including phenoxy) is 2. The van der Waals surface area contributed by atoms with Gasteiger partial charge in [0.1, 0.15) is 0 Å². The van der Waals surface area contributed by atoms with Gasteiger partial charge in [0.25, 0.3) is 0 Å². The van der Waals surface area contributed by atoms with Crippen LogP contribution in [-0.2, 0) is 9.47 Å². The molecule has 3 heteroatoms. The fourth-order valence-electron chi connectivity index (χ4n) is 0.951. The van der Waals surface area contributed by atoms with Gasteiger partial charge in [-0.25, -0.2) is 0 Å². The quantitative estimate of drug-likeness (QED) is 0.617. The molecule has 1 heterocycles. The van der Waals surface area contributed by atoms with Crippen LogP contribution >= 0.6 is 0 Å². The Bertz CT molecular complexity index is 86.9. The lowest BCUT2D eigenvalue weighted by Gasteiger charge is -2.23. The van der Waals surface area contributed by atoms with Crippen LogP contribution in [0.2, 0.25) is 0 Å². The molecular formula is C7H14O3. The van der Waals surface area contributed by atoms with Gasteiger partial charge >= 0.3 is 0 Å². The highest BCUT2D eigenvalue weighted by molar-refractivity contribution is 4.55. The van der Waals surface area contributed by atoms with Crippen LogP contribution in [0.4, 0.5) is 0 Å². The molecule has 1 fully saturated rings. The fraction of sp³-hybridized carbons (Fsp3) is 1.00. The molecule has 1 rings (SSSR count). The minimum Gasteiger partial charge on any atom is -0.393 e. The first-order chi connectivity index (χ1) is 4.79. The van der Waals surface area contributed by atoms with Gasteiger partial charge < -0.3 is 14.6 Å². The van der Waals surface area contributed by atoms with Crippen LogP contribution in [0.3, 0.4) is 0 Å². The molecule has 0 bridgehead atoms. The van der Waals surface area contributed by atoms with Crippen LogP contribution in [0.25, 0.3) is 0 Å². The number of aliphatic hydroxyl groups excluding tert-OH is 1. The summed E-state index contributed by atoms with van der Waals surface area (Å²) < 4.78 is 10.4. The van der Waals surface area contributed by atoms with Crippen molar-refractivity contribution in [3.63, 3.8) is 0 Å². The zero-order valence-corrected chi connectivity index (χ0v) is 6.25. The summed E-state index contributed by atoms with van der Waals surface area (Å²) in [5.74, 6) is 0. The Hall–Kier alpha value is -0.120. The molecule has 0 aromatic carbocycles. The molecule has 1 aliphatic heterocycles. The number of hydrogen-bond donors (Lipinski definition) is 1. The summed E-state index contributed by atoms with van der Waals surface area (Å²) in [5, 5.41) is 8.94. The lowest BCUT2D eigenvalue weighted by molar-refractivity contribution is -0.189. The lowest BCUT2D eigenvalue weighted by Crippen LogP contribution is -2.27. The van der Waals surface area contributed by atoms with Crippen molar-refractivity contribution in [3.8, 4) is 0 Å². The minimum absolute atomic E-state index is 0.172. The van der Waals surface area contributed by atoms with E-state index < -0.39 is 0 Å². The predicted octanol–water partition coefficient (Wildman–Crippen LogP) is 0.520. The van der Waals surface area contributed by atoms with Crippen molar-refractivity contribution in [1.29, 1.82) is 0 Å². The second-order valence-corrected chi connectivity index (χ2v) is 2.61. The van der Waals surface area contributed by atoms with Crippen LogP contribution < -0.4 is 0 Å². The molecule has 0 unspecified atom stereocenters. The summed E-state index contributed by atoms with van der Waals surface area (Å²) in [5.41, 5.74) is 0. The molecule has 0 aromatic heterocycles. The first-order valence-corrected chi connectivity index (χ1v) is 3.70. The van der Waals surface area contributed by atoms with E-state index in [0.717, 1.165) is 19.6 Å².